The minimum Gasteiger partial charge on any atom is -0.341 e. The number of carbonyl (C=O) groups excluding carboxylic acids is 2. The molecule has 3 saturated heterocycles. The van der Waals surface area contributed by atoms with E-state index in [0.29, 0.717) is 31.3 Å². The standard InChI is InChI=1S/C20H26FN3O2/c1-23-18-12-24(9-6-15(18)11-19(23)25)20(26)16-10-14(2-3-17(16)21)13-4-7-22-8-5-13/h2-3,10,13,15,18,22H,4-9,11-12H2,1H3/t15-,18-/m1/s1. The lowest BCUT2D eigenvalue weighted by atomic mass is 9.88. The summed E-state index contributed by atoms with van der Waals surface area (Å²) in [6.45, 7) is 3.02. The summed E-state index contributed by atoms with van der Waals surface area (Å²) in [5.74, 6) is 0.152. The summed E-state index contributed by atoms with van der Waals surface area (Å²) in [6, 6.07) is 5.07. The molecule has 1 N–H and O–H groups in total. The van der Waals surface area contributed by atoms with E-state index >= 15 is 0 Å². The van der Waals surface area contributed by atoms with Crippen molar-refractivity contribution in [2.45, 2.75) is 37.6 Å². The molecule has 0 spiro atoms. The van der Waals surface area contributed by atoms with Crippen LogP contribution in [0.4, 0.5) is 4.39 Å². The second kappa shape index (κ2) is 6.99. The number of likely N-dealkylation sites (N-methyl/N-ethyl adjacent to an activating group) is 1. The van der Waals surface area contributed by atoms with Gasteiger partial charge < -0.3 is 15.1 Å². The Labute approximate surface area is 153 Å². The number of nitrogens with one attached hydrogen (secondary N) is 1. The first-order valence-electron chi connectivity index (χ1n) is 9.59. The Hall–Kier alpha value is -1.95. The Morgan fingerprint density at radius 2 is 2.00 bits per heavy atom. The van der Waals surface area contributed by atoms with Gasteiger partial charge in [-0.15, -0.1) is 0 Å². The number of carbonyl (C=O) groups is 2. The molecule has 2 amide bonds. The molecule has 26 heavy (non-hydrogen) atoms. The molecule has 0 radical (unpaired) electrons. The predicted molar refractivity (Wildman–Crippen MR) is 96.4 cm³/mol. The van der Waals surface area contributed by atoms with Crippen molar-refractivity contribution in [3.63, 3.8) is 0 Å². The SMILES string of the molecule is CN1C(=O)C[C@H]2CCN(C(=O)c3cc(C4CCNCC4)ccc3F)C[C@H]21. The van der Waals surface area contributed by atoms with Gasteiger partial charge in [-0.05, 0) is 61.9 Å². The lowest BCUT2D eigenvalue weighted by Crippen LogP contribution is -2.49. The Morgan fingerprint density at radius 3 is 2.77 bits per heavy atom. The molecule has 2 atom stereocenters. The molecular weight excluding hydrogens is 333 g/mol. The van der Waals surface area contributed by atoms with Crippen LogP contribution in [0.3, 0.4) is 0 Å². The molecule has 4 rings (SSSR count). The van der Waals surface area contributed by atoms with Crippen molar-refractivity contribution >= 4 is 11.8 Å². The van der Waals surface area contributed by atoms with Crippen molar-refractivity contribution in [2.24, 2.45) is 5.92 Å². The summed E-state index contributed by atoms with van der Waals surface area (Å²) in [7, 11) is 1.80. The Kier molecular flexibility index (Phi) is 4.69. The molecule has 3 fully saturated rings. The van der Waals surface area contributed by atoms with E-state index in [0.717, 1.165) is 37.9 Å². The number of piperidine rings is 2. The summed E-state index contributed by atoms with van der Waals surface area (Å²) in [4.78, 5) is 28.4. The van der Waals surface area contributed by atoms with Gasteiger partial charge in [0.25, 0.3) is 5.91 Å². The van der Waals surface area contributed by atoms with E-state index in [-0.39, 0.29) is 23.4 Å². The van der Waals surface area contributed by atoms with E-state index in [1.165, 1.54) is 6.07 Å². The molecule has 3 heterocycles. The molecule has 1 aromatic rings. The van der Waals surface area contributed by atoms with Gasteiger partial charge in [-0.25, -0.2) is 4.39 Å². The Morgan fingerprint density at radius 1 is 1.23 bits per heavy atom. The highest BCUT2D eigenvalue weighted by Crippen LogP contribution is 2.33. The minimum atomic E-state index is -0.453. The number of likely N-dealkylation sites (tertiary alicyclic amines) is 2. The lowest BCUT2D eigenvalue weighted by molar-refractivity contribution is -0.127. The van der Waals surface area contributed by atoms with Crippen molar-refractivity contribution < 1.29 is 14.0 Å². The molecule has 0 bridgehead atoms. The maximum atomic E-state index is 14.4. The van der Waals surface area contributed by atoms with E-state index in [1.807, 2.05) is 6.07 Å². The maximum Gasteiger partial charge on any atom is 0.256 e. The van der Waals surface area contributed by atoms with Gasteiger partial charge in [0.1, 0.15) is 5.82 Å². The van der Waals surface area contributed by atoms with Crippen molar-refractivity contribution in [1.29, 1.82) is 0 Å². The highest BCUT2D eigenvalue weighted by atomic mass is 19.1. The largest absolute Gasteiger partial charge is 0.341 e. The van der Waals surface area contributed by atoms with Crippen LogP contribution in [-0.2, 0) is 4.79 Å². The zero-order valence-electron chi connectivity index (χ0n) is 15.2. The number of amides is 2. The van der Waals surface area contributed by atoms with Crippen molar-refractivity contribution in [3.8, 4) is 0 Å². The van der Waals surface area contributed by atoms with E-state index in [4.69, 9.17) is 0 Å². The highest BCUT2D eigenvalue weighted by molar-refractivity contribution is 5.95. The number of nitrogens with zero attached hydrogens (tertiary/aromatic N) is 2. The number of rotatable bonds is 2. The van der Waals surface area contributed by atoms with Crippen LogP contribution in [-0.4, -0.2) is 60.9 Å². The molecule has 5 nitrogen and oxygen atoms in total. The zero-order valence-corrected chi connectivity index (χ0v) is 15.2. The van der Waals surface area contributed by atoms with Crippen LogP contribution in [0.15, 0.2) is 18.2 Å². The fourth-order valence-corrected chi connectivity index (χ4v) is 4.68. The van der Waals surface area contributed by atoms with Gasteiger partial charge in [0, 0.05) is 26.6 Å². The topological polar surface area (TPSA) is 52.7 Å². The second-order valence-electron chi connectivity index (χ2n) is 7.84. The molecule has 140 valence electrons. The van der Waals surface area contributed by atoms with Crippen LogP contribution < -0.4 is 5.32 Å². The van der Waals surface area contributed by atoms with Gasteiger partial charge in [-0.3, -0.25) is 9.59 Å². The summed E-state index contributed by atoms with van der Waals surface area (Å²) < 4.78 is 14.4. The fourth-order valence-electron chi connectivity index (χ4n) is 4.68. The average Bonchev–Trinajstić information content (AvgIpc) is 2.96. The molecule has 3 aliphatic heterocycles. The zero-order chi connectivity index (χ0) is 18.3. The van der Waals surface area contributed by atoms with Gasteiger partial charge >= 0.3 is 0 Å². The molecule has 6 heteroatoms. The molecule has 0 unspecified atom stereocenters. The fraction of sp³-hybridized carbons (Fsp3) is 0.600. The molecule has 0 aliphatic carbocycles. The van der Waals surface area contributed by atoms with Crippen LogP contribution in [0.25, 0.3) is 0 Å². The summed E-state index contributed by atoms with van der Waals surface area (Å²) in [5, 5.41) is 3.33. The van der Waals surface area contributed by atoms with E-state index in [9.17, 15) is 14.0 Å². The van der Waals surface area contributed by atoms with Crippen molar-refractivity contribution in [2.75, 3.05) is 33.2 Å². The predicted octanol–water partition coefficient (Wildman–Crippen LogP) is 1.99. The van der Waals surface area contributed by atoms with E-state index < -0.39 is 5.82 Å². The summed E-state index contributed by atoms with van der Waals surface area (Å²) >= 11 is 0. The normalized spacial score (nSPS) is 26.9. The van der Waals surface area contributed by atoms with Crippen LogP contribution in [0.2, 0.25) is 0 Å². The van der Waals surface area contributed by atoms with E-state index in [2.05, 4.69) is 5.32 Å². The van der Waals surface area contributed by atoms with E-state index in [1.54, 1.807) is 22.9 Å². The van der Waals surface area contributed by atoms with Gasteiger partial charge in [0.15, 0.2) is 0 Å². The van der Waals surface area contributed by atoms with Crippen LogP contribution in [0.5, 0.6) is 0 Å². The Bertz CT molecular complexity index is 717. The van der Waals surface area contributed by atoms with Gasteiger partial charge in [-0.1, -0.05) is 6.07 Å². The molecule has 1 aromatic carbocycles. The summed E-state index contributed by atoms with van der Waals surface area (Å²) in [5.41, 5.74) is 1.23. The average molecular weight is 359 g/mol. The van der Waals surface area contributed by atoms with Gasteiger partial charge in [-0.2, -0.15) is 0 Å². The molecule has 0 aromatic heterocycles. The quantitative estimate of drug-likeness (QED) is 0.879. The molecule has 0 saturated carbocycles. The van der Waals surface area contributed by atoms with Gasteiger partial charge in [0.05, 0.1) is 11.6 Å². The monoisotopic (exact) mass is 359 g/mol. The summed E-state index contributed by atoms with van der Waals surface area (Å²) in [6.07, 6.45) is 3.41. The number of halogens is 1. The molecular formula is C20H26FN3O2. The Balaban J connectivity index is 1.53. The third-order valence-corrected chi connectivity index (χ3v) is 6.37. The number of hydrogen-bond donors (Lipinski definition) is 1. The first-order valence-corrected chi connectivity index (χ1v) is 9.59. The van der Waals surface area contributed by atoms with Crippen LogP contribution >= 0.6 is 0 Å². The number of benzene rings is 1. The third kappa shape index (κ3) is 3.11. The van der Waals surface area contributed by atoms with Crippen molar-refractivity contribution in [1.82, 2.24) is 15.1 Å². The molecule has 3 aliphatic rings. The first-order chi connectivity index (χ1) is 12.5. The second-order valence-corrected chi connectivity index (χ2v) is 7.84. The van der Waals surface area contributed by atoms with Crippen LogP contribution in [0, 0.1) is 11.7 Å². The third-order valence-electron chi connectivity index (χ3n) is 6.37. The van der Waals surface area contributed by atoms with Crippen molar-refractivity contribution in [3.05, 3.63) is 35.1 Å². The van der Waals surface area contributed by atoms with Gasteiger partial charge in [0.2, 0.25) is 5.91 Å². The maximum absolute atomic E-state index is 14.4. The smallest absolute Gasteiger partial charge is 0.256 e. The highest BCUT2D eigenvalue weighted by Gasteiger charge is 2.42. The minimum absolute atomic E-state index is 0.0656. The van der Waals surface area contributed by atoms with Crippen LogP contribution in [0.1, 0.15) is 47.5 Å². The lowest BCUT2D eigenvalue weighted by Gasteiger charge is -2.37. The number of hydrogen-bond acceptors (Lipinski definition) is 3. The number of fused-ring (bicyclic) bond motifs is 1. The first kappa shape index (κ1) is 17.5.